The van der Waals surface area contributed by atoms with E-state index in [0.717, 1.165) is 9.58 Å². The Bertz CT molecular complexity index is 1020. The average molecular weight is 454 g/mol. The van der Waals surface area contributed by atoms with Crippen LogP contribution in [-0.4, -0.2) is 101 Å². The van der Waals surface area contributed by atoms with Crippen LogP contribution in [-0.2, 0) is 28.0 Å². The van der Waals surface area contributed by atoms with Crippen LogP contribution in [0, 0.1) is 0 Å². The van der Waals surface area contributed by atoms with Gasteiger partial charge in [-0.25, -0.2) is 19.2 Å². The highest BCUT2D eigenvalue weighted by molar-refractivity contribution is 8.01. The highest BCUT2D eigenvalue weighted by Crippen LogP contribution is 2.43. The summed E-state index contributed by atoms with van der Waals surface area (Å²) < 4.78 is 2.55. The fraction of sp³-hybridized carbons (Fsp3) is 0.462. The van der Waals surface area contributed by atoms with Crippen LogP contribution in [0.5, 0.6) is 0 Å². The lowest BCUT2D eigenvalue weighted by molar-refractivity contribution is -0.198. The predicted molar refractivity (Wildman–Crippen MR) is 97.5 cm³/mol. The Labute approximate surface area is 176 Å². The van der Waals surface area contributed by atoms with E-state index < -0.39 is 29.2 Å². The van der Waals surface area contributed by atoms with Crippen molar-refractivity contribution in [3.8, 4) is 0 Å². The molecule has 2 aliphatic heterocycles. The first-order valence-corrected chi connectivity index (χ1v) is 10.4. The van der Waals surface area contributed by atoms with Crippen molar-refractivity contribution >= 4 is 41.3 Å². The largest absolute Gasteiger partial charge is 0.477 e. The van der Waals surface area contributed by atoms with Crippen molar-refractivity contribution in [1.29, 1.82) is 0 Å². The molecule has 15 nitrogen and oxygen atoms in total. The number of carbonyl (C=O) groups is 3. The molecule has 2 amide bonds. The first-order valence-electron chi connectivity index (χ1n) is 8.35. The Morgan fingerprint density at radius 1 is 1.37 bits per heavy atom. The zero-order valence-corrected chi connectivity index (χ0v) is 16.9. The van der Waals surface area contributed by atoms with Gasteiger partial charge in [0.1, 0.15) is 23.9 Å². The highest BCUT2D eigenvalue weighted by atomic mass is 32.2. The number of carboxylic acid groups (broad SMARTS) is 1. The quantitative estimate of drug-likeness (QED) is 0.199. The summed E-state index contributed by atoms with van der Waals surface area (Å²) in [6, 6.07) is -1.19. The van der Waals surface area contributed by atoms with E-state index in [4.69, 9.17) is 0 Å². The molecular weight excluding hydrogens is 440 g/mol. The van der Waals surface area contributed by atoms with Crippen molar-refractivity contribution in [2.45, 2.75) is 23.1 Å². The van der Waals surface area contributed by atoms with Gasteiger partial charge in [0.15, 0.2) is 6.04 Å². The van der Waals surface area contributed by atoms with Gasteiger partial charge >= 0.3 is 5.97 Å². The maximum atomic E-state index is 12.7. The van der Waals surface area contributed by atoms with E-state index in [9.17, 15) is 24.7 Å². The Hall–Kier alpha value is -3.05. The van der Waals surface area contributed by atoms with Gasteiger partial charge in [-0.3, -0.25) is 19.7 Å². The number of thioether (sulfide) groups is 2. The van der Waals surface area contributed by atoms with E-state index >= 15 is 0 Å². The molecule has 2 aliphatic rings. The number of hydrogen-bond donors (Lipinski definition) is 2. The summed E-state index contributed by atoms with van der Waals surface area (Å²) in [5, 5.41) is 41.4. The minimum Gasteiger partial charge on any atom is -0.477 e. The number of carboxylic acids is 1. The molecule has 1 fully saturated rings. The van der Waals surface area contributed by atoms with Crippen LogP contribution in [0.25, 0.3) is 0 Å². The van der Waals surface area contributed by atoms with Gasteiger partial charge in [-0.1, -0.05) is 11.8 Å². The summed E-state index contributed by atoms with van der Waals surface area (Å²) in [6.45, 7) is -0.361. The maximum absolute atomic E-state index is 12.7. The van der Waals surface area contributed by atoms with E-state index in [0.29, 0.717) is 21.5 Å². The minimum atomic E-state index is -1.26. The number of fused-ring (bicyclic) bond motifs is 1. The lowest BCUT2D eigenvalue weighted by Gasteiger charge is -2.51. The molecule has 4 heterocycles. The molecule has 0 aliphatic carbocycles. The highest BCUT2D eigenvalue weighted by Gasteiger charge is 2.57. The van der Waals surface area contributed by atoms with E-state index in [-0.39, 0.29) is 18.0 Å². The molecule has 2 N–H and O–H groups in total. The fourth-order valence-electron chi connectivity index (χ4n) is 2.98. The fourth-order valence-corrected chi connectivity index (χ4v) is 5.35. The summed E-state index contributed by atoms with van der Waals surface area (Å²) in [5.74, 6) is -2.16. The van der Waals surface area contributed by atoms with Crippen molar-refractivity contribution in [3.63, 3.8) is 0 Å². The summed E-state index contributed by atoms with van der Waals surface area (Å²) in [7, 11) is 1.66. The lowest BCUT2D eigenvalue weighted by Crippen LogP contribution is -2.71. The molecule has 1 unspecified atom stereocenters. The minimum absolute atomic E-state index is 0.149. The first kappa shape index (κ1) is 20.2. The molecule has 17 heteroatoms. The summed E-state index contributed by atoms with van der Waals surface area (Å²) in [4.78, 5) is 37.9. The number of hydroxylamine groups is 2. The number of aliphatic carboxylic acids is 1. The number of rotatable bonds is 7. The average Bonchev–Trinajstić information content (AvgIpc) is 3.37. The number of aryl methyl sites for hydroxylation is 1. The van der Waals surface area contributed by atoms with Crippen molar-refractivity contribution < 1.29 is 24.7 Å². The molecule has 1 saturated heterocycles. The lowest BCUT2D eigenvalue weighted by atomic mass is 10.0. The second kappa shape index (κ2) is 8.00. The van der Waals surface area contributed by atoms with Crippen molar-refractivity contribution in [3.05, 3.63) is 17.6 Å². The van der Waals surface area contributed by atoms with Gasteiger partial charge in [-0.15, -0.1) is 22.0 Å². The molecule has 2 aromatic rings. The molecule has 0 bridgehead atoms. The molecule has 4 rings (SSSR count). The maximum Gasteiger partial charge on any atom is 0.352 e. The Kier molecular flexibility index (Phi) is 5.39. The number of amides is 2. The summed E-state index contributed by atoms with van der Waals surface area (Å²) in [6.07, 6.45) is 1.19. The van der Waals surface area contributed by atoms with Gasteiger partial charge in [0.2, 0.25) is 5.16 Å². The van der Waals surface area contributed by atoms with E-state index in [1.54, 1.807) is 7.05 Å². The Balaban J connectivity index is 1.49. The molecular formula is C13H14N10O5S2. The summed E-state index contributed by atoms with van der Waals surface area (Å²) >= 11 is 2.50. The van der Waals surface area contributed by atoms with Gasteiger partial charge < -0.3 is 5.11 Å². The number of tetrazole rings is 2. The molecule has 0 saturated carbocycles. The van der Waals surface area contributed by atoms with Gasteiger partial charge in [0.05, 0.1) is 0 Å². The van der Waals surface area contributed by atoms with Crippen molar-refractivity contribution in [2.75, 3.05) is 11.5 Å². The van der Waals surface area contributed by atoms with Crippen LogP contribution in [0.2, 0.25) is 0 Å². The third kappa shape index (κ3) is 3.50. The van der Waals surface area contributed by atoms with Gasteiger partial charge in [-0.2, -0.15) is 0 Å². The predicted octanol–water partition coefficient (Wildman–Crippen LogP) is -2.17. The van der Waals surface area contributed by atoms with E-state index in [1.165, 1.54) is 34.5 Å². The topological polar surface area (TPSA) is 185 Å². The molecule has 2 atom stereocenters. The smallest absolute Gasteiger partial charge is 0.352 e. The zero-order chi connectivity index (χ0) is 21.4. The molecule has 30 heavy (non-hydrogen) atoms. The summed E-state index contributed by atoms with van der Waals surface area (Å²) in [5.41, 5.74) is 0.372. The Morgan fingerprint density at radius 2 is 2.17 bits per heavy atom. The number of aromatic nitrogens is 8. The second-order valence-corrected chi connectivity index (χ2v) is 8.28. The van der Waals surface area contributed by atoms with Crippen LogP contribution in [0.4, 0.5) is 0 Å². The van der Waals surface area contributed by atoms with Crippen molar-refractivity contribution in [1.82, 2.24) is 50.4 Å². The number of nitrogens with zero attached hydrogens (tertiary/aromatic N) is 10. The molecule has 2 aromatic heterocycles. The van der Waals surface area contributed by atoms with Gasteiger partial charge in [0.25, 0.3) is 11.8 Å². The van der Waals surface area contributed by atoms with Gasteiger partial charge in [0, 0.05) is 18.6 Å². The molecule has 0 aromatic carbocycles. The monoisotopic (exact) mass is 454 g/mol. The Morgan fingerprint density at radius 3 is 2.80 bits per heavy atom. The van der Waals surface area contributed by atoms with Crippen LogP contribution in [0.3, 0.4) is 0 Å². The first-order chi connectivity index (χ1) is 14.4. The number of β-lactam (4-membered cyclic amide) rings is 1. The SMILES string of the molecule is Cn1nnnc1SCC1=C(C(=O)O)N2C(=O)C(N(O)C(=O)Cn3cnnn3)[C@@H]2SC1. The molecule has 0 radical (unpaired) electrons. The van der Waals surface area contributed by atoms with Crippen LogP contribution in [0.1, 0.15) is 0 Å². The van der Waals surface area contributed by atoms with Crippen LogP contribution in [0.15, 0.2) is 22.8 Å². The molecule has 158 valence electrons. The van der Waals surface area contributed by atoms with E-state index in [1.807, 2.05) is 0 Å². The third-order valence-corrected chi connectivity index (χ3v) is 6.81. The van der Waals surface area contributed by atoms with E-state index in [2.05, 4.69) is 31.1 Å². The van der Waals surface area contributed by atoms with Gasteiger partial charge in [-0.05, 0) is 26.4 Å². The van der Waals surface area contributed by atoms with Crippen LogP contribution < -0.4 is 0 Å². The third-order valence-electron chi connectivity index (χ3n) is 4.39. The second-order valence-electron chi connectivity index (χ2n) is 6.23. The molecule has 0 spiro atoms. The number of hydrogen-bond acceptors (Lipinski definition) is 12. The standard InChI is InChI=1S/C13H14N10O5S2/c1-20-13(15-17-18-20)30-4-6-3-29-11-9(10(25)22(11)8(6)12(26)27)23(28)7(24)2-21-5-14-16-19-21/h5,9,11,28H,2-4H2,1H3,(H,26,27)/t9?,11-/m0/s1. The zero-order valence-electron chi connectivity index (χ0n) is 15.3. The van der Waals surface area contributed by atoms with Crippen molar-refractivity contribution in [2.24, 2.45) is 7.05 Å². The van der Waals surface area contributed by atoms with Crippen LogP contribution >= 0.6 is 23.5 Å². The normalized spacial score (nSPS) is 20.7. The number of carbonyl (C=O) groups excluding carboxylic acids is 2.